The molecule has 126 valence electrons. The van der Waals surface area contributed by atoms with Crippen LogP contribution in [0.4, 0.5) is 0 Å². The van der Waals surface area contributed by atoms with Crippen LogP contribution in [0.5, 0.6) is 0 Å². The number of likely N-dealkylation sites (N-methyl/N-ethyl adjacent to an activating group) is 1. The van der Waals surface area contributed by atoms with Gasteiger partial charge < -0.3 is 10.0 Å². The molecule has 5 heteroatoms. The van der Waals surface area contributed by atoms with Gasteiger partial charge in [0.25, 0.3) is 5.91 Å². The van der Waals surface area contributed by atoms with Crippen LogP contribution in [-0.2, 0) is 6.54 Å². The molecule has 2 heterocycles. The molecule has 1 aromatic carbocycles. The zero-order valence-corrected chi connectivity index (χ0v) is 13.9. The van der Waals surface area contributed by atoms with Crippen molar-refractivity contribution >= 4 is 5.91 Å². The van der Waals surface area contributed by atoms with Crippen molar-refractivity contribution in [3.05, 3.63) is 66.0 Å². The number of likely N-dealkylation sites (tertiary alicyclic amines) is 1. The number of β-amino-alcohol motifs (C(OH)–C–C–N with tert-alkyl or cyclic N) is 1. The van der Waals surface area contributed by atoms with Crippen LogP contribution in [-0.4, -0.2) is 58.1 Å². The van der Waals surface area contributed by atoms with Crippen LogP contribution in [0.2, 0.25) is 0 Å². The number of hydrogen-bond acceptors (Lipinski definition) is 4. The van der Waals surface area contributed by atoms with Gasteiger partial charge >= 0.3 is 0 Å². The number of rotatable bonds is 5. The van der Waals surface area contributed by atoms with Gasteiger partial charge in [-0.3, -0.25) is 14.7 Å². The maximum absolute atomic E-state index is 12.4. The first kappa shape index (κ1) is 16.6. The van der Waals surface area contributed by atoms with Gasteiger partial charge in [0.15, 0.2) is 0 Å². The molecule has 1 saturated heterocycles. The van der Waals surface area contributed by atoms with Crippen LogP contribution in [0.1, 0.15) is 22.3 Å². The second-order valence-corrected chi connectivity index (χ2v) is 6.57. The van der Waals surface area contributed by atoms with Crippen molar-refractivity contribution in [3.63, 3.8) is 0 Å². The van der Waals surface area contributed by atoms with Crippen molar-refractivity contribution in [2.24, 2.45) is 0 Å². The summed E-state index contributed by atoms with van der Waals surface area (Å²) in [7, 11) is 1.74. The highest BCUT2D eigenvalue weighted by atomic mass is 16.3. The first-order valence-electron chi connectivity index (χ1n) is 8.20. The third kappa shape index (κ3) is 3.99. The molecular weight excluding hydrogens is 302 g/mol. The molecule has 2 aromatic rings. The van der Waals surface area contributed by atoms with Crippen LogP contribution < -0.4 is 0 Å². The highest BCUT2D eigenvalue weighted by Crippen LogP contribution is 2.24. The molecule has 5 nitrogen and oxygen atoms in total. The van der Waals surface area contributed by atoms with E-state index in [4.69, 9.17) is 0 Å². The Morgan fingerprint density at radius 1 is 1.25 bits per heavy atom. The van der Waals surface area contributed by atoms with Crippen LogP contribution in [0.15, 0.2) is 54.9 Å². The molecule has 0 aliphatic carbocycles. The largest absolute Gasteiger partial charge is 0.387 e. The fourth-order valence-corrected chi connectivity index (χ4v) is 3.27. The Balaban J connectivity index is 1.58. The van der Waals surface area contributed by atoms with Crippen LogP contribution in [0.3, 0.4) is 0 Å². The number of aliphatic hydroxyl groups is 1. The van der Waals surface area contributed by atoms with Crippen LogP contribution in [0.25, 0.3) is 0 Å². The fraction of sp³-hybridized carbons (Fsp3) is 0.368. The highest BCUT2D eigenvalue weighted by Gasteiger charge is 2.37. The van der Waals surface area contributed by atoms with E-state index in [1.165, 1.54) is 5.56 Å². The lowest BCUT2D eigenvalue weighted by molar-refractivity contribution is 0.0170. The molecule has 0 saturated carbocycles. The third-order valence-electron chi connectivity index (χ3n) is 4.47. The minimum atomic E-state index is -0.855. The van der Waals surface area contributed by atoms with E-state index in [0.29, 0.717) is 25.1 Å². The lowest BCUT2D eigenvalue weighted by atomic mass is 10.0. The molecule has 1 fully saturated rings. The maximum Gasteiger partial charge on any atom is 0.253 e. The van der Waals surface area contributed by atoms with Crippen LogP contribution in [0, 0.1) is 0 Å². The Bertz CT molecular complexity index is 678. The number of benzene rings is 1. The van der Waals surface area contributed by atoms with E-state index in [1.54, 1.807) is 36.5 Å². The van der Waals surface area contributed by atoms with Gasteiger partial charge in [0.1, 0.15) is 0 Å². The molecular formula is C19H23N3O2. The van der Waals surface area contributed by atoms with Gasteiger partial charge in [-0.25, -0.2) is 0 Å². The Kier molecular flexibility index (Phi) is 4.92. The topological polar surface area (TPSA) is 56.7 Å². The average Bonchev–Trinajstić information content (AvgIpc) is 2.96. The third-order valence-corrected chi connectivity index (χ3v) is 4.47. The van der Waals surface area contributed by atoms with E-state index < -0.39 is 5.60 Å². The summed E-state index contributed by atoms with van der Waals surface area (Å²) in [6, 6.07) is 13.6. The number of amides is 1. The number of nitrogens with zero attached hydrogens (tertiary/aromatic N) is 3. The molecule has 0 spiro atoms. The molecule has 1 aromatic heterocycles. The van der Waals surface area contributed by atoms with Gasteiger partial charge in [-0.15, -0.1) is 0 Å². The Morgan fingerprint density at radius 3 is 2.67 bits per heavy atom. The van der Waals surface area contributed by atoms with Gasteiger partial charge in [-0.2, -0.15) is 0 Å². The van der Waals surface area contributed by atoms with E-state index >= 15 is 0 Å². The van der Waals surface area contributed by atoms with Crippen molar-refractivity contribution in [1.29, 1.82) is 0 Å². The van der Waals surface area contributed by atoms with E-state index in [1.807, 2.05) is 18.2 Å². The SMILES string of the molecule is CN(C[C@]1(O)CCN(Cc2ccccc2)C1)C(=O)c1ccncc1. The summed E-state index contributed by atoms with van der Waals surface area (Å²) >= 11 is 0. The summed E-state index contributed by atoms with van der Waals surface area (Å²) < 4.78 is 0. The lowest BCUT2D eigenvalue weighted by Crippen LogP contribution is -2.45. The molecule has 1 aliphatic heterocycles. The molecule has 1 N–H and O–H groups in total. The molecule has 1 atom stereocenters. The number of hydrogen-bond donors (Lipinski definition) is 1. The van der Waals surface area contributed by atoms with Crippen molar-refractivity contribution in [3.8, 4) is 0 Å². The van der Waals surface area contributed by atoms with E-state index in [-0.39, 0.29) is 5.91 Å². The van der Waals surface area contributed by atoms with Gasteiger partial charge in [0.2, 0.25) is 0 Å². The normalized spacial score (nSPS) is 20.9. The Labute approximate surface area is 142 Å². The summed E-state index contributed by atoms with van der Waals surface area (Å²) in [6.45, 7) is 2.57. The molecule has 3 rings (SSSR count). The van der Waals surface area contributed by atoms with Gasteiger partial charge in [-0.05, 0) is 24.1 Å². The van der Waals surface area contributed by atoms with E-state index in [9.17, 15) is 9.90 Å². The molecule has 24 heavy (non-hydrogen) atoms. The maximum atomic E-state index is 12.4. The predicted molar refractivity (Wildman–Crippen MR) is 92.5 cm³/mol. The monoisotopic (exact) mass is 325 g/mol. The molecule has 0 bridgehead atoms. The minimum Gasteiger partial charge on any atom is -0.387 e. The number of pyridine rings is 1. The average molecular weight is 325 g/mol. The molecule has 1 amide bonds. The van der Waals surface area contributed by atoms with Gasteiger partial charge in [0, 0.05) is 44.6 Å². The van der Waals surface area contributed by atoms with Crippen molar-refractivity contribution in [2.45, 2.75) is 18.6 Å². The second-order valence-electron chi connectivity index (χ2n) is 6.57. The second kappa shape index (κ2) is 7.11. The van der Waals surface area contributed by atoms with Crippen molar-refractivity contribution in [2.75, 3.05) is 26.7 Å². The fourth-order valence-electron chi connectivity index (χ4n) is 3.27. The van der Waals surface area contributed by atoms with Crippen molar-refractivity contribution < 1.29 is 9.90 Å². The van der Waals surface area contributed by atoms with Gasteiger partial charge in [-0.1, -0.05) is 30.3 Å². The first-order chi connectivity index (χ1) is 11.6. The molecule has 0 radical (unpaired) electrons. The summed E-state index contributed by atoms with van der Waals surface area (Å²) in [5.74, 6) is -0.0904. The summed E-state index contributed by atoms with van der Waals surface area (Å²) in [6.07, 6.45) is 3.88. The van der Waals surface area contributed by atoms with Crippen LogP contribution >= 0.6 is 0 Å². The summed E-state index contributed by atoms with van der Waals surface area (Å²) in [5.41, 5.74) is 0.977. The number of carbonyl (C=O) groups is 1. The zero-order chi connectivity index (χ0) is 17.0. The Hall–Kier alpha value is -2.24. The highest BCUT2D eigenvalue weighted by molar-refractivity contribution is 5.93. The zero-order valence-electron chi connectivity index (χ0n) is 13.9. The van der Waals surface area contributed by atoms with E-state index in [2.05, 4.69) is 22.0 Å². The Morgan fingerprint density at radius 2 is 1.96 bits per heavy atom. The predicted octanol–water partition coefficient (Wildman–Crippen LogP) is 1.79. The summed E-state index contributed by atoms with van der Waals surface area (Å²) in [5, 5.41) is 10.9. The first-order valence-corrected chi connectivity index (χ1v) is 8.20. The quantitative estimate of drug-likeness (QED) is 0.911. The lowest BCUT2D eigenvalue weighted by Gasteiger charge is -2.29. The number of carbonyl (C=O) groups excluding carboxylic acids is 1. The minimum absolute atomic E-state index is 0.0904. The van der Waals surface area contributed by atoms with E-state index in [0.717, 1.165) is 13.1 Å². The number of aromatic nitrogens is 1. The van der Waals surface area contributed by atoms with Gasteiger partial charge in [0.05, 0.1) is 12.1 Å². The molecule has 0 unspecified atom stereocenters. The smallest absolute Gasteiger partial charge is 0.253 e. The summed E-state index contributed by atoms with van der Waals surface area (Å²) in [4.78, 5) is 20.2. The van der Waals surface area contributed by atoms with Crippen molar-refractivity contribution in [1.82, 2.24) is 14.8 Å². The molecule has 1 aliphatic rings. The standard InChI is InChI=1S/C19H23N3O2/c1-21(18(23)17-7-10-20-11-8-17)14-19(24)9-12-22(15-19)13-16-5-3-2-4-6-16/h2-8,10-11,24H,9,12-15H2,1H3/t19-/m1/s1.